The van der Waals surface area contributed by atoms with Gasteiger partial charge in [0.25, 0.3) is 5.91 Å². The maximum atomic E-state index is 11.5. The van der Waals surface area contributed by atoms with Crippen LogP contribution in [-0.2, 0) is 9.59 Å². The lowest BCUT2D eigenvalue weighted by Gasteiger charge is -2.24. The number of rotatable bonds is 1. The summed E-state index contributed by atoms with van der Waals surface area (Å²) in [4.78, 5) is 23.9. The van der Waals surface area contributed by atoms with Crippen LogP contribution in [0.4, 0.5) is 0 Å². The third-order valence-corrected chi connectivity index (χ3v) is 3.85. The van der Waals surface area contributed by atoms with Crippen molar-refractivity contribution in [1.82, 2.24) is 4.90 Å². The lowest BCUT2D eigenvalue weighted by atomic mass is 10.1. The van der Waals surface area contributed by atoms with Crippen molar-refractivity contribution < 1.29 is 19.8 Å². The molecule has 1 spiro atoms. The molecule has 1 aliphatic carbocycles. The Kier molecular flexibility index (Phi) is 1.24. The second-order valence-electron chi connectivity index (χ2n) is 4.52. The number of aliphatic carboxylic acids is 1. The van der Waals surface area contributed by atoms with Crippen LogP contribution in [-0.4, -0.2) is 44.7 Å². The summed E-state index contributed by atoms with van der Waals surface area (Å²) in [6.07, 6.45) is 0.898. The Morgan fingerprint density at radius 2 is 2.21 bits per heavy atom. The fourth-order valence-corrected chi connectivity index (χ4v) is 3.17. The van der Waals surface area contributed by atoms with Gasteiger partial charge in [0.15, 0.2) is 0 Å². The maximum absolute atomic E-state index is 11.5. The number of hydrogen-bond acceptors (Lipinski definition) is 3. The largest absolute Gasteiger partial charge is 0.480 e. The van der Waals surface area contributed by atoms with Crippen LogP contribution < -0.4 is 0 Å². The van der Waals surface area contributed by atoms with Crippen molar-refractivity contribution in [3.63, 3.8) is 0 Å². The number of nitrogens with zero attached hydrogens (tertiary/aromatic N) is 1. The number of amides is 1. The first kappa shape index (κ1) is 8.23. The minimum atomic E-state index is -0.970. The van der Waals surface area contributed by atoms with Gasteiger partial charge in [-0.3, -0.25) is 4.79 Å². The summed E-state index contributed by atoms with van der Waals surface area (Å²) >= 11 is 0. The van der Waals surface area contributed by atoms with Crippen molar-refractivity contribution in [1.29, 1.82) is 0 Å². The molecule has 4 atom stereocenters. The standard InChI is InChI=1S/C9H11NO4/c11-6-3-9-2-4(9)1-5(8(13)14)10(9)7(6)12/h4-6,11H,1-3H2,(H,13,14)/t4-,5-,6-,9-/m1/s1. The van der Waals surface area contributed by atoms with Crippen LogP contribution >= 0.6 is 0 Å². The molecule has 0 radical (unpaired) electrons. The van der Waals surface area contributed by atoms with Crippen molar-refractivity contribution in [2.75, 3.05) is 0 Å². The maximum Gasteiger partial charge on any atom is 0.326 e. The molecule has 0 bridgehead atoms. The third kappa shape index (κ3) is 0.706. The Morgan fingerprint density at radius 3 is 2.86 bits per heavy atom. The zero-order chi connectivity index (χ0) is 10.1. The molecule has 5 heteroatoms. The average molecular weight is 197 g/mol. The lowest BCUT2D eigenvalue weighted by Crippen LogP contribution is -2.44. The van der Waals surface area contributed by atoms with E-state index >= 15 is 0 Å². The molecule has 0 aromatic heterocycles. The van der Waals surface area contributed by atoms with Crippen LogP contribution in [0.15, 0.2) is 0 Å². The monoisotopic (exact) mass is 197 g/mol. The number of carbonyl (C=O) groups is 2. The van der Waals surface area contributed by atoms with E-state index in [1.807, 2.05) is 0 Å². The lowest BCUT2D eigenvalue weighted by molar-refractivity contribution is -0.150. The fraction of sp³-hybridized carbons (Fsp3) is 0.778. The van der Waals surface area contributed by atoms with Gasteiger partial charge in [0.05, 0.1) is 5.54 Å². The Morgan fingerprint density at radius 1 is 1.50 bits per heavy atom. The Balaban J connectivity index is 1.98. The fourth-order valence-electron chi connectivity index (χ4n) is 3.17. The van der Waals surface area contributed by atoms with Crippen molar-refractivity contribution in [3.8, 4) is 0 Å². The number of aliphatic hydroxyl groups is 1. The first-order chi connectivity index (χ1) is 6.56. The predicted octanol–water partition coefficient (Wildman–Crippen LogP) is -0.805. The van der Waals surface area contributed by atoms with Crippen LogP contribution in [0, 0.1) is 5.92 Å². The van der Waals surface area contributed by atoms with Gasteiger partial charge in [0.2, 0.25) is 0 Å². The molecule has 76 valence electrons. The van der Waals surface area contributed by atoms with E-state index in [1.54, 1.807) is 0 Å². The normalized spacial score (nSPS) is 49.1. The molecule has 5 nitrogen and oxygen atoms in total. The quantitative estimate of drug-likeness (QED) is 0.576. The molecule has 1 saturated carbocycles. The molecule has 0 aromatic rings. The Labute approximate surface area is 80.3 Å². The first-order valence-electron chi connectivity index (χ1n) is 4.80. The molecule has 3 aliphatic rings. The van der Waals surface area contributed by atoms with Crippen LogP contribution in [0.25, 0.3) is 0 Å². The van der Waals surface area contributed by atoms with Gasteiger partial charge in [-0.1, -0.05) is 0 Å². The van der Waals surface area contributed by atoms with Gasteiger partial charge in [-0.25, -0.2) is 4.79 Å². The molecular formula is C9H11NO4. The van der Waals surface area contributed by atoms with E-state index in [0.29, 0.717) is 18.8 Å². The zero-order valence-electron chi connectivity index (χ0n) is 7.51. The topological polar surface area (TPSA) is 77.8 Å². The SMILES string of the molecule is O=C(O)[C@H]1C[C@@H]2C[C@@]23C[C@@H](O)C(=O)N13. The van der Waals surface area contributed by atoms with E-state index in [9.17, 15) is 14.7 Å². The van der Waals surface area contributed by atoms with Gasteiger partial charge in [-0.2, -0.15) is 0 Å². The molecular weight excluding hydrogens is 186 g/mol. The van der Waals surface area contributed by atoms with Crippen molar-refractivity contribution in [3.05, 3.63) is 0 Å². The van der Waals surface area contributed by atoms with E-state index in [2.05, 4.69) is 0 Å². The molecule has 2 N–H and O–H groups in total. The van der Waals surface area contributed by atoms with E-state index in [0.717, 1.165) is 6.42 Å². The second kappa shape index (κ2) is 2.11. The van der Waals surface area contributed by atoms with Crippen LogP contribution in [0.1, 0.15) is 19.3 Å². The molecule has 3 rings (SSSR count). The minimum Gasteiger partial charge on any atom is -0.480 e. The Hall–Kier alpha value is -1.10. The Bertz CT molecular complexity index is 342. The number of hydrogen-bond donors (Lipinski definition) is 2. The van der Waals surface area contributed by atoms with Crippen molar-refractivity contribution in [2.24, 2.45) is 5.92 Å². The number of carboxylic acid groups (broad SMARTS) is 1. The molecule has 0 unspecified atom stereocenters. The molecule has 0 aromatic carbocycles. The highest BCUT2D eigenvalue weighted by atomic mass is 16.4. The highest BCUT2D eigenvalue weighted by Gasteiger charge is 2.72. The first-order valence-corrected chi connectivity index (χ1v) is 4.80. The molecule has 2 aliphatic heterocycles. The minimum absolute atomic E-state index is 0.278. The number of carboxylic acids is 1. The highest BCUT2D eigenvalue weighted by Crippen LogP contribution is 2.63. The molecule has 2 heterocycles. The second-order valence-corrected chi connectivity index (χ2v) is 4.52. The van der Waals surface area contributed by atoms with Gasteiger partial charge >= 0.3 is 5.97 Å². The molecule has 14 heavy (non-hydrogen) atoms. The third-order valence-electron chi connectivity index (χ3n) is 3.85. The molecule has 1 amide bonds. The molecule has 2 saturated heterocycles. The summed E-state index contributed by atoms with van der Waals surface area (Å²) in [5.74, 6) is -1.03. The van der Waals surface area contributed by atoms with E-state index < -0.39 is 24.0 Å². The van der Waals surface area contributed by atoms with E-state index in [-0.39, 0.29) is 5.54 Å². The summed E-state index contributed by atoms with van der Waals surface area (Å²) in [6, 6.07) is -0.696. The van der Waals surface area contributed by atoms with Gasteiger partial charge in [0, 0.05) is 6.42 Å². The van der Waals surface area contributed by atoms with Crippen molar-refractivity contribution in [2.45, 2.75) is 36.9 Å². The number of aliphatic hydroxyl groups excluding tert-OH is 1. The summed E-state index contributed by atoms with van der Waals surface area (Å²) < 4.78 is 0. The summed E-state index contributed by atoms with van der Waals surface area (Å²) in [5, 5.41) is 18.3. The average Bonchev–Trinajstić information content (AvgIpc) is 2.59. The zero-order valence-corrected chi connectivity index (χ0v) is 7.51. The van der Waals surface area contributed by atoms with E-state index in [1.165, 1.54) is 4.90 Å². The predicted molar refractivity (Wildman–Crippen MR) is 44.3 cm³/mol. The van der Waals surface area contributed by atoms with Crippen LogP contribution in [0.2, 0.25) is 0 Å². The number of carbonyl (C=O) groups excluding carboxylic acids is 1. The number of piperidine rings is 1. The van der Waals surface area contributed by atoms with Crippen LogP contribution in [0.3, 0.4) is 0 Å². The summed E-state index contributed by atoms with van der Waals surface area (Å²) in [6.45, 7) is 0. The van der Waals surface area contributed by atoms with Gasteiger partial charge in [0.1, 0.15) is 12.1 Å². The highest BCUT2D eigenvalue weighted by molar-refractivity contribution is 5.91. The van der Waals surface area contributed by atoms with E-state index in [4.69, 9.17) is 5.11 Å². The molecule has 3 fully saturated rings. The smallest absolute Gasteiger partial charge is 0.326 e. The van der Waals surface area contributed by atoms with Gasteiger partial charge in [-0.05, 0) is 18.8 Å². The summed E-state index contributed by atoms with van der Waals surface area (Å²) in [5.41, 5.74) is -0.278. The van der Waals surface area contributed by atoms with Gasteiger partial charge in [-0.15, -0.1) is 0 Å². The van der Waals surface area contributed by atoms with Gasteiger partial charge < -0.3 is 15.1 Å². The summed E-state index contributed by atoms with van der Waals surface area (Å²) in [7, 11) is 0. The van der Waals surface area contributed by atoms with Crippen LogP contribution in [0.5, 0.6) is 0 Å². The van der Waals surface area contributed by atoms with Crippen molar-refractivity contribution >= 4 is 11.9 Å².